The molecule has 0 bridgehead atoms. The van der Waals surface area contributed by atoms with Gasteiger partial charge in [0, 0.05) is 43.6 Å². The van der Waals surface area contributed by atoms with Crippen LogP contribution in [0.15, 0.2) is 78.2 Å². The molecule has 0 spiro atoms. The third-order valence-corrected chi connectivity index (χ3v) is 4.06. The lowest BCUT2D eigenvalue weighted by Gasteiger charge is -2.21. The van der Waals surface area contributed by atoms with Crippen LogP contribution in [-0.2, 0) is 13.1 Å². The molecule has 0 unspecified atom stereocenters. The monoisotopic (exact) mass is 362 g/mol. The summed E-state index contributed by atoms with van der Waals surface area (Å²) in [5.74, 6) is 0. The molecule has 2 aromatic rings. The fourth-order valence-electron chi connectivity index (χ4n) is 2.67. The van der Waals surface area contributed by atoms with E-state index in [1.54, 1.807) is 0 Å². The van der Waals surface area contributed by atoms with Gasteiger partial charge in [-0.15, -0.1) is 0 Å². The van der Waals surface area contributed by atoms with Gasteiger partial charge in [0.05, 0.1) is 17.1 Å². The van der Waals surface area contributed by atoms with Gasteiger partial charge in [-0.1, -0.05) is 52.0 Å². The van der Waals surface area contributed by atoms with Crippen LogP contribution in [0.25, 0.3) is 0 Å². The molecule has 0 saturated heterocycles. The molecule has 3 rings (SSSR count). The molecule has 0 fully saturated rings. The summed E-state index contributed by atoms with van der Waals surface area (Å²) in [6, 6.07) is 12.0. The Kier molecular flexibility index (Phi) is 8.08. The molecule has 1 aliphatic rings. The minimum absolute atomic E-state index is 0.0397. The highest BCUT2D eigenvalue weighted by atomic mass is 15.1. The molecule has 27 heavy (non-hydrogen) atoms. The summed E-state index contributed by atoms with van der Waals surface area (Å²) in [6.45, 7) is 10.6. The first-order valence-corrected chi connectivity index (χ1v) is 9.56. The minimum Gasteiger partial charge on any atom is -0.286 e. The summed E-state index contributed by atoms with van der Waals surface area (Å²) in [5, 5.41) is 0. The molecular weight excluding hydrogens is 332 g/mol. The molecule has 0 N–H and O–H groups in total. The number of allylic oxidation sites excluding steroid dienone is 2. The highest BCUT2D eigenvalue weighted by Gasteiger charge is 2.14. The van der Waals surface area contributed by atoms with Crippen molar-refractivity contribution in [1.82, 2.24) is 14.9 Å². The second-order valence-electron chi connectivity index (χ2n) is 6.88. The molecule has 4 heteroatoms. The minimum atomic E-state index is 0.0397. The highest BCUT2D eigenvalue weighted by Crippen LogP contribution is 2.21. The van der Waals surface area contributed by atoms with Gasteiger partial charge in [-0.25, -0.2) is 0 Å². The SMILES string of the molecule is CC.CC1(C)C=CN=C(CN(Cc2ccccn2)Cc2ccccn2)C=C1. The number of hydrogen-bond donors (Lipinski definition) is 0. The predicted molar refractivity (Wildman–Crippen MR) is 113 cm³/mol. The van der Waals surface area contributed by atoms with Crippen LogP contribution in [0.5, 0.6) is 0 Å². The third kappa shape index (κ3) is 7.27. The van der Waals surface area contributed by atoms with Crippen molar-refractivity contribution in [3.63, 3.8) is 0 Å². The van der Waals surface area contributed by atoms with E-state index < -0.39 is 0 Å². The molecule has 0 atom stereocenters. The summed E-state index contributed by atoms with van der Waals surface area (Å²) in [6.07, 6.45) is 12.0. The molecule has 0 saturated carbocycles. The maximum atomic E-state index is 4.61. The lowest BCUT2D eigenvalue weighted by atomic mass is 9.93. The lowest BCUT2D eigenvalue weighted by Crippen LogP contribution is -2.29. The third-order valence-electron chi connectivity index (χ3n) is 4.06. The highest BCUT2D eigenvalue weighted by molar-refractivity contribution is 5.97. The topological polar surface area (TPSA) is 41.4 Å². The average Bonchev–Trinajstić information content (AvgIpc) is 2.85. The van der Waals surface area contributed by atoms with Crippen LogP contribution in [0.2, 0.25) is 0 Å². The zero-order valence-electron chi connectivity index (χ0n) is 16.8. The van der Waals surface area contributed by atoms with Crippen LogP contribution in [-0.4, -0.2) is 27.1 Å². The van der Waals surface area contributed by atoms with Crippen molar-refractivity contribution in [1.29, 1.82) is 0 Å². The van der Waals surface area contributed by atoms with Crippen LogP contribution >= 0.6 is 0 Å². The predicted octanol–water partition coefficient (Wildman–Crippen LogP) is 5.06. The zero-order valence-corrected chi connectivity index (χ0v) is 16.8. The van der Waals surface area contributed by atoms with Gasteiger partial charge in [0.15, 0.2) is 0 Å². The zero-order chi connectivity index (χ0) is 19.5. The van der Waals surface area contributed by atoms with E-state index in [1.165, 1.54) is 0 Å². The first-order chi connectivity index (χ1) is 13.1. The Hall–Kier alpha value is -2.59. The van der Waals surface area contributed by atoms with Crippen molar-refractivity contribution in [2.45, 2.75) is 40.8 Å². The Bertz CT molecular complexity index is 720. The fraction of sp³-hybridized carbons (Fsp3) is 0.348. The number of hydrogen-bond acceptors (Lipinski definition) is 4. The average molecular weight is 363 g/mol. The van der Waals surface area contributed by atoms with Gasteiger partial charge in [-0.2, -0.15) is 0 Å². The molecule has 3 heterocycles. The summed E-state index contributed by atoms with van der Waals surface area (Å²) < 4.78 is 0. The molecule has 0 radical (unpaired) electrons. The van der Waals surface area contributed by atoms with E-state index in [-0.39, 0.29) is 5.41 Å². The molecule has 0 amide bonds. The van der Waals surface area contributed by atoms with Crippen molar-refractivity contribution in [2.24, 2.45) is 10.4 Å². The summed E-state index contributed by atoms with van der Waals surface area (Å²) in [4.78, 5) is 15.8. The van der Waals surface area contributed by atoms with Crippen LogP contribution < -0.4 is 0 Å². The molecule has 2 aromatic heterocycles. The van der Waals surface area contributed by atoms with Gasteiger partial charge < -0.3 is 0 Å². The van der Waals surface area contributed by atoms with E-state index in [4.69, 9.17) is 0 Å². The van der Waals surface area contributed by atoms with Crippen molar-refractivity contribution >= 4 is 5.71 Å². The van der Waals surface area contributed by atoms with Crippen molar-refractivity contribution in [3.8, 4) is 0 Å². The van der Waals surface area contributed by atoms with Crippen molar-refractivity contribution in [2.75, 3.05) is 6.54 Å². The Morgan fingerprint density at radius 2 is 1.41 bits per heavy atom. The summed E-state index contributed by atoms with van der Waals surface area (Å²) in [5.41, 5.74) is 3.19. The Labute approximate surface area is 163 Å². The smallest absolute Gasteiger partial charge is 0.0544 e. The molecule has 1 aliphatic heterocycles. The van der Waals surface area contributed by atoms with Gasteiger partial charge in [0.1, 0.15) is 0 Å². The van der Waals surface area contributed by atoms with Gasteiger partial charge in [0.2, 0.25) is 0 Å². The standard InChI is InChI=1S/C21H24N4.C2H6/c1-21(2)10-9-20(24-14-11-21)17-25(15-18-7-3-5-12-22-18)16-19-8-4-6-13-23-19;1-2/h3-14H,15-17H2,1-2H3;1-2H3. The molecule has 0 aromatic carbocycles. The first-order valence-electron chi connectivity index (χ1n) is 9.56. The lowest BCUT2D eigenvalue weighted by molar-refractivity contribution is 0.288. The number of aromatic nitrogens is 2. The Balaban J connectivity index is 0.00000126. The quantitative estimate of drug-likeness (QED) is 0.721. The van der Waals surface area contributed by atoms with Crippen LogP contribution in [0, 0.1) is 5.41 Å². The van der Waals surface area contributed by atoms with Crippen molar-refractivity contribution in [3.05, 3.63) is 84.6 Å². The molecule has 4 nitrogen and oxygen atoms in total. The second kappa shape index (κ2) is 10.5. The van der Waals surface area contributed by atoms with E-state index in [0.29, 0.717) is 0 Å². The van der Waals surface area contributed by atoms with Crippen LogP contribution in [0.4, 0.5) is 0 Å². The fourth-order valence-corrected chi connectivity index (χ4v) is 2.67. The van der Waals surface area contributed by atoms with Crippen LogP contribution in [0.3, 0.4) is 0 Å². The maximum Gasteiger partial charge on any atom is 0.0544 e. The number of aliphatic imine (C=N–C) groups is 1. The normalized spacial score (nSPS) is 14.9. The number of rotatable bonds is 6. The molecule has 142 valence electrons. The van der Waals surface area contributed by atoms with Crippen molar-refractivity contribution < 1.29 is 0 Å². The first kappa shape index (κ1) is 20.7. The van der Waals surface area contributed by atoms with Gasteiger partial charge in [0.25, 0.3) is 0 Å². The van der Waals surface area contributed by atoms with Gasteiger partial charge >= 0.3 is 0 Å². The van der Waals surface area contributed by atoms with E-state index >= 15 is 0 Å². The van der Waals surface area contributed by atoms with Gasteiger partial charge in [-0.05, 0) is 30.3 Å². The summed E-state index contributed by atoms with van der Waals surface area (Å²) in [7, 11) is 0. The molecule has 0 aliphatic carbocycles. The number of nitrogens with zero attached hydrogens (tertiary/aromatic N) is 4. The Morgan fingerprint density at radius 1 is 0.815 bits per heavy atom. The maximum absolute atomic E-state index is 4.61. The molecular formula is C23H30N4. The Morgan fingerprint density at radius 3 is 1.93 bits per heavy atom. The summed E-state index contributed by atoms with van der Waals surface area (Å²) >= 11 is 0. The van der Waals surface area contributed by atoms with Crippen LogP contribution in [0.1, 0.15) is 39.1 Å². The number of pyridine rings is 2. The van der Waals surface area contributed by atoms with E-state index in [9.17, 15) is 0 Å². The largest absolute Gasteiger partial charge is 0.286 e. The van der Waals surface area contributed by atoms with E-state index in [2.05, 4.69) is 64.1 Å². The van der Waals surface area contributed by atoms with Gasteiger partial charge in [-0.3, -0.25) is 19.9 Å². The van der Waals surface area contributed by atoms with E-state index in [0.717, 1.165) is 36.7 Å². The van der Waals surface area contributed by atoms with E-state index in [1.807, 2.05) is 56.7 Å². The second-order valence-corrected chi connectivity index (χ2v) is 6.88.